The molecule has 5 heteroatoms. The van der Waals surface area contributed by atoms with Gasteiger partial charge in [0.1, 0.15) is 0 Å². The average molecular weight is 258 g/mol. The number of H-pyrrole nitrogens is 1. The second-order valence-electron chi connectivity index (χ2n) is 4.57. The van der Waals surface area contributed by atoms with E-state index in [9.17, 15) is 4.79 Å². The van der Waals surface area contributed by atoms with Crippen LogP contribution in [0.5, 0.6) is 0 Å². The monoisotopic (exact) mass is 258 g/mol. The van der Waals surface area contributed by atoms with Gasteiger partial charge >= 0.3 is 0 Å². The lowest BCUT2D eigenvalue weighted by Gasteiger charge is -2.05. The van der Waals surface area contributed by atoms with Crippen molar-refractivity contribution >= 4 is 17.4 Å². The molecule has 0 saturated carbocycles. The fourth-order valence-electron chi connectivity index (χ4n) is 1.81. The number of nitrogens with two attached hydrogens (primary N) is 1. The van der Waals surface area contributed by atoms with Gasteiger partial charge < -0.3 is 11.1 Å². The Balaban J connectivity index is 1.92. The predicted octanol–water partition coefficient (Wildman–Crippen LogP) is 2.18. The van der Waals surface area contributed by atoms with Crippen LogP contribution in [-0.4, -0.2) is 16.1 Å². The molecule has 2 rings (SSSR count). The lowest BCUT2D eigenvalue weighted by atomic mass is 10.1. The molecule has 0 aliphatic carbocycles. The molecule has 0 aliphatic rings. The standard InChI is InChI=1S/C14H18N4O/c1-9-10(2)17-18-14(9)16-13(19)8-7-11-5-3-4-6-12(11)15/h3-6H,7-8,15H2,1-2H3,(H2,16,17,18,19). The third-order valence-electron chi connectivity index (χ3n) is 3.19. The Bertz CT molecular complexity index is 589. The second kappa shape index (κ2) is 5.56. The number of nitrogens with one attached hydrogen (secondary N) is 2. The summed E-state index contributed by atoms with van der Waals surface area (Å²) in [6.07, 6.45) is 1.01. The number of rotatable bonds is 4. The van der Waals surface area contributed by atoms with Crippen LogP contribution >= 0.6 is 0 Å². The molecule has 4 N–H and O–H groups in total. The van der Waals surface area contributed by atoms with Crippen molar-refractivity contribution in [1.29, 1.82) is 0 Å². The van der Waals surface area contributed by atoms with E-state index in [0.717, 1.165) is 22.5 Å². The van der Waals surface area contributed by atoms with Gasteiger partial charge in [0.25, 0.3) is 0 Å². The number of carbonyl (C=O) groups is 1. The van der Waals surface area contributed by atoms with Gasteiger partial charge in [-0.05, 0) is 31.9 Å². The van der Waals surface area contributed by atoms with Crippen molar-refractivity contribution in [3.63, 3.8) is 0 Å². The zero-order chi connectivity index (χ0) is 13.8. The van der Waals surface area contributed by atoms with Crippen LogP contribution in [0, 0.1) is 13.8 Å². The fourth-order valence-corrected chi connectivity index (χ4v) is 1.81. The summed E-state index contributed by atoms with van der Waals surface area (Å²) in [5, 5.41) is 9.69. The van der Waals surface area contributed by atoms with Crippen molar-refractivity contribution in [2.24, 2.45) is 0 Å². The third kappa shape index (κ3) is 3.13. The number of aryl methyl sites for hydroxylation is 2. The molecular weight excluding hydrogens is 240 g/mol. The number of aromatic nitrogens is 2. The molecule has 0 atom stereocenters. The maximum Gasteiger partial charge on any atom is 0.225 e. The molecule has 0 spiro atoms. The fraction of sp³-hybridized carbons (Fsp3) is 0.286. The van der Waals surface area contributed by atoms with E-state index in [1.165, 1.54) is 0 Å². The number of nitrogens with zero attached hydrogens (tertiary/aromatic N) is 1. The highest BCUT2D eigenvalue weighted by Crippen LogP contribution is 2.16. The van der Waals surface area contributed by atoms with Gasteiger partial charge in [-0.25, -0.2) is 0 Å². The summed E-state index contributed by atoms with van der Waals surface area (Å²) < 4.78 is 0. The smallest absolute Gasteiger partial charge is 0.225 e. The summed E-state index contributed by atoms with van der Waals surface area (Å²) in [6, 6.07) is 7.58. The number of benzene rings is 1. The molecule has 19 heavy (non-hydrogen) atoms. The highest BCUT2D eigenvalue weighted by molar-refractivity contribution is 5.90. The van der Waals surface area contributed by atoms with Gasteiger partial charge in [0.05, 0.1) is 0 Å². The molecule has 5 nitrogen and oxygen atoms in total. The quantitative estimate of drug-likeness (QED) is 0.735. The van der Waals surface area contributed by atoms with Gasteiger partial charge in [-0.1, -0.05) is 18.2 Å². The third-order valence-corrected chi connectivity index (χ3v) is 3.19. The number of nitrogen functional groups attached to an aromatic ring is 1. The number of amides is 1. The number of hydrogen-bond acceptors (Lipinski definition) is 3. The Hall–Kier alpha value is -2.30. The topological polar surface area (TPSA) is 83.8 Å². The summed E-state index contributed by atoms with van der Waals surface area (Å²) >= 11 is 0. The maximum atomic E-state index is 11.9. The molecule has 2 aromatic rings. The van der Waals surface area contributed by atoms with Crippen LogP contribution in [0.1, 0.15) is 23.2 Å². The molecule has 0 unspecified atom stereocenters. The van der Waals surface area contributed by atoms with Crippen molar-refractivity contribution in [3.8, 4) is 0 Å². The number of aromatic amines is 1. The van der Waals surface area contributed by atoms with E-state index in [2.05, 4.69) is 15.5 Å². The Labute approximate surface area is 112 Å². The maximum absolute atomic E-state index is 11.9. The molecule has 1 aromatic carbocycles. The highest BCUT2D eigenvalue weighted by atomic mass is 16.1. The summed E-state index contributed by atoms with van der Waals surface area (Å²) in [5.41, 5.74) is 9.48. The Morgan fingerprint density at radius 2 is 2.11 bits per heavy atom. The van der Waals surface area contributed by atoms with E-state index >= 15 is 0 Å². The molecule has 0 aliphatic heterocycles. The van der Waals surface area contributed by atoms with E-state index in [4.69, 9.17) is 5.73 Å². The largest absolute Gasteiger partial charge is 0.399 e. The van der Waals surface area contributed by atoms with Crippen LogP contribution in [0.3, 0.4) is 0 Å². The summed E-state index contributed by atoms with van der Waals surface area (Å²) in [4.78, 5) is 11.9. The van der Waals surface area contributed by atoms with Gasteiger partial charge in [-0.15, -0.1) is 0 Å². The van der Waals surface area contributed by atoms with Crippen LogP contribution in [-0.2, 0) is 11.2 Å². The number of carbonyl (C=O) groups excluding carboxylic acids is 1. The van der Waals surface area contributed by atoms with Gasteiger partial charge in [-0.2, -0.15) is 5.10 Å². The van der Waals surface area contributed by atoms with Crippen molar-refractivity contribution in [1.82, 2.24) is 10.2 Å². The predicted molar refractivity (Wildman–Crippen MR) is 75.9 cm³/mol. The van der Waals surface area contributed by atoms with Gasteiger partial charge in [0.15, 0.2) is 5.82 Å². The first kappa shape index (κ1) is 13.1. The minimum atomic E-state index is -0.0575. The van der Waals surface area contributed by atoms with Crippen LogP contribution < -0.4 is 11.1 Å². The van der Waals surface area contributed by atoms with E-state index in [0.29, 0.717) is 18.7 Å². The minimum absolute atomic E-state index is 0.0575. The zero-order valence-electron chi connectivity index (χ0n) is 11.2. The summed E-state index contributed by atoms with van der Waals surface area (Å²) in [6.45, 7) is 3.84. The molecular formula is C14H18N4O. The summed E-state index contributed by atoms with van der Waals surface area (Å²) in [7, 11) is 0. The normalized spacial score (nSPS) is 10.4. The second-order valence-corrected chi connectivity index (χ2v) is 4.57. The van der Waals surface area contributed by atoms with E-state index in [1.54, 1.807) is 0 Å². The van der Waals surface area contributed by atoms with Crippen LogP contribution in [0.15, 0.2) is 24.3 Å². The molecule has 0 fully saturated rings. The van der Waals surface area contributed by atoms with E-state index in [1.807, 2.05) is 38.1 Å². The lowest BCUT2D eigenvalue weighted by Crippen LogP contribution is -2.13. The molecule has 0 saturated heterocycles. The SMILES string of the molecule is Cc1[nH]nc(NC(=O)CCc2ccccc2N)c1C. The first-order chi connectivity index (χ1) is 9.08. The zero-order valence-corrected chi connectivity index (χ0v) is 11.2. The minimum Gasteiger partial charge on any atom is -0.399 e. The van der Waals surface area contributed by atoms with Crippen LogP contribution in [0.2, 0.25) is 0 Å². The van der Waals surface area contributed by atoms with Crippen molar-refractivity contribution in [2.75, 3.05) is 11.1 Å². The number of para-hydroxylation sites is 1. The van der Waals surface area contributed by atoms with Crippen molar-refractivity contribution < 1.29 is 4.79 Å². The van der Waals surface area contributed by atoms with Crippen LogP contribution in [0.4, 0.5) is 11.5 Å². The van der Waals surface area contributed by atoms with Gasteiger partial charge in [0.2, 0.25) is 5.91 Å². The molecule has 0 radical (unpaired) electrons. The Morgan fingerprint density at radius 3 is 2.74 bits per heavy atom. The number of anilines is 2. The number of hydrogen-bond donors (Lipinski definition) is 3. The van der Waals surface area contributed by atoms with Gasteiger partial charge in [0, 0.05) is 23.4 Å². The molecule has 1 aromatic heterocycles. The molecule has 100 valence electrons. The molecule has 1 amide bonds. The van der Waals surface area contributed by atoms with E-state index < -0.39 is 0 Å². The average Bonchev–Trinajstić information content (AvgIpc) is 2.70. The first-order valence-corrected chi connectivity index (χ1v) is 6.22. The lowest BCUT2D eigenvalue weighted by molar-refractivity contribution is -0.116. The summed E-state index contributed by atoms with van der Waals surface area (Å²) in [5.74, 6) is 0.543. The van der Waals surface area contributed by atoms with Crippen LogP contribution in [0.25, 0.3) is 0 Å². The Kier molecular flexibility index (Phi) is 3.85. The molecule has 1 heterocycles. The first-order valence-electron chi connectivity index (χ1n) is 6.22. The van der Waals surface area contributed by atoms with E-state index in [-0.39, 0.29) is 5.91 Å². The van der Waals surface area contributed by atoms with Crippen molar-refractivity contribution in [3.05, 3.63) is 41.1 Å². The highest BCUT2D eigenvalue weighted by Gasteiger charge is 2.10. The Morgan fingerprint density at radius 1 is 1.37 bits per heavy atom. The molecule has 0 bridgehead atoms. The van der Waals surface area contributed by atoms with Gasteiger partial charge in [-0.3, -0.25) is 9.89 Å². The van der Waals surface area contributed by atoms with Crippen molar-refractivity contribution in [2.45, 2.75) is 26.7 Å².